The van der Waals surface area contributed by atoms with Crippen molar-refractivity contribution in [1.29, 1.82) is 0 Å². The fourth-order valence-corrected chi connectivity index (χ4v) is 2.32. The Kier molecular flexibility index (Phi) is 6.91. The zero-order valence-electron chi connectivity index (χ0n) is 15.0. The second kappa shape index (κ2) is 9.36. The van der Waals surface area contributed by atoms with E-state index in [0.29, 0.717) is 17.7 Å². The van der Waals surface area contributed by atoms with Gasteiger partial charge in [-0.3, -0.25) is 14.4 Å². The van der Waals surface area contributed by atoms with Gasteiger partial charge in [0.15, 0.2) is 0 Å². The van der Waals surface area contributed by atoms with Gasteiger partial charge in [0.25, 0.3) is 5.91 Å². The summed E-state index contributed by atoms with van der Waals surface area (Å²) in [5.74, 6) is -0.517. The average Bonchev–Trinajstić information content (AvgIpc) is 2.65. The molecule has 0 spiro atoms. The second-order valence-corrected chi connectivity index (χ2v) is 6.09. The highest BCUT2D eigenvalue weighted by Crippen LogP contribution is 2.08. The molecule has 0 aliphatic rings. The maximum Gasteiger partial charge on any atom is 0.253 e. The highest BCUT2D eigenvalue weighted by atomic mass is 16.2. The number of carbonyl (C=O) groups is 3. The zero-order chi connectivity index (χ0) is 18.9. The van der Waals surface area contributed by atoms with E-state index in [9.17, 15) is 14.4 Å². The van der Waals surface area contributed by atoms with Crippen molar-refractivity contribution >= 4 is 23.4 Å². The van der Waals surface area contributed by atoms with Crippen molar-refractivity contribution in [3.8, 4) is 0 Å². The number of amides is 3. The molecular weight excluding hydrogens is 330 g/mol. The molecule has 0 fully saturated rings. The molecule has 6 nitrogen and oxygen atoms in total. The molecule has 3 amide bonds. The maximum absolute atomic E-state index is 11.9. The Morgan fingerprint density at radius 1 is 0.885 bits per heavy atom. The highest BCUT2D eigenvalue weighted by molar-refractivity contribution is 5.94. The van der Waals surface area contributed by atoms with Crippen LogP contribution in [-0.2, 0) is 16.0 Å². The van der Waals surface area contributed by atoms with Crippen LogP contribution in [0.15, 0.2) is 54.6 Å². The lowest BCUT2D eigenvalue weighted by atomic mass is 10.1. The van der Waals surface area contributed by atoms with Crippen LogP contribution in [0.1, 0.15) is 22.3 Å². The first kappa shape index (κ1) is 19.2. The summed E-state index contributed by atoms with van der Waals surface area (Å²) in [5, 5.41) is 5.31. The predicted octanol–water partition coefficient (Wildman–Crippen LogP) is 2.08. The highest BCUT2D eigenvalue weighted by Gasteiger charge is 2.09. The minimum Gasteiger partial charge on any atom is -0.347 e. The van der Waals surface area contributed by atoms with Gasteiger partial charge in [0.05, 0.1) is 6.54 Å². The number of rotatable bonds is 7. The molecule has 0 saturated carbocycles. The molecule has 0 saturated heterocycles. The van der Waals surface area contributed by atoms with E-state index in [1.165, 1.54) is 4.90 Å². The SMILES string of the molecule is CN(C)C(=O)c1ccc(CCC(=O)NCC(=O)Nc2ccccc2)cc1. The summed E-state index contributed by atoms with van der Waals surface area (Å²) in [7, 11) is 3.41. The molecule has 0 atom stereocenters. The van der Waals surface area contributed by atoms with Crippen LogP contribution in [0.4, 0.5) is 5.69 Å². The number of hydrogen-bond donors (Lipinski definition) is 2. The Balaban J connectivity index is 1.73. The molecule has 0 aliphatic carbocycles. The summed E-state index contributed by atoms with van der Waals surface area (Å²) >= 11 is 0. The third kappa shape index (κ3) is 6.05. The fraction of sp³-hybridized carbons (Fsp3) is 0.250. The van der Waals surface area contributed by atoms with Crippen molar-refractivity contribution in [1.82, 2.24) is 10.2 Å². The normalized spacial score (nSPS) is 10.1. The minimum absolute atomic E-state index is 0.0567. The Hall–Kier alpha value is -3.15. The lowest BCUT2D eigenvalue weighted by Gasteiger charge is -2.10. The van der Waals surface area contributed by atoms with Crippen LogP contribution >= 0.6 is 0 Å². The molecule has 0 aliphatic heterocycles. The van der Waals surface area contributed by atoms with Crippen LogP contribution < -0.4 is 10.6 Å². The molecule has 2 aromatic carbocycles. The number of carbonyl (C=O) groups excluding carboxylic acids is 3. The van der Waals surface area contributed by atoms with Crippen molar-refractivity contribution < 1.29 is 14.4 Å². The first-order valence-corrected chi connectivity index (χ1v) is 8.38. The van der Waals surface area contributed by atoms with Gasteiger partial charge in [-0.1, -0.05) is 30.3 Å². The molecule has 0 heterocycles. The molecular formula is C20H23N3O3. The van der Waals surface area contributed by atoms with Crippen LogP contribution in [0.3, 0.4) is 0 Å². The van der Waals surface area contributed by atoms with Crippen molar-refractivity contribution in [2.24, 2.45) is 0 Å². The van der Waals surface area contributed by atoms with Crippen LogP contribution in [0, 0.1) is 0 Å². The monoisotopic (exact) mass is 353 g/mol. The standard InChI is InChI=1S/C20H23N3O3/c1-23(2)20(26)16-11-8-15(9-12-16)10-13-18(24)21-14-19(25)22-17-6-4-3-5-7-17/h3-9,11-12H,10,13-14H2,1-2H3,(H,21,24)(H,22,25). The van der Waals surface area contributed by atoms with Gasteiger partial charge in [-0.15, -0.1) is 0 Å². The molecule has 136 valence electrons. The minimum atomic E-state index is -0.267. The quantitative estimate of drug-likeness (QED) is 0.800. The lowest BCUT2D eigenvalue weighted by Crippen LogP contribution is -2.32. The van der Waals surface area contributed by atoms with Gasteiger partial charge >= 0.3 is 0 Å². The van der Waals surface area contributed by atoms with E-state index in [1.807, 2.05) is 30.3 Å². The van der Waals surface area contributed by atoms with E-state index in [0.717, 1.165) is 5.56 Å². The Bertz CT molecular complexity index is 756. The summed E-state index contributed by atoms with van der Waals surface area (Å²) < 4.78 is 0. The van der Waals surface area contributed by atoms with Gasteiger partial charge in [-0.2, -0.15) is 0 Å². The van der Waals surface area contributed by atoms with Crippen molar-refractivity contribution in [2.45, 2.75) is 12.8 Å². The number of benzene rings is 2. The van der Waals surface area contributed by atoms with Gasteiger partial charge in [0.2, 0.25) is 11.8 Å². The number of nitrogens with zero attached hydrogens (tertiary/aromatic N) is 1. The molecule has 0 radical (unpaired) electrons. The van der Waals surface area contributed by atoms with E-state index in [2.05, 4.69) is 10.6 Å². The summed E-state index contributed by atoms with van der Waals surface area (Å²) in [5.41, 5.74) is 2.27. The van der Waals surface area contributed by atoms with Crippen molar-refractivity contribution in [2.75, 3.05) is 26.0 Å². The van der Waals surface area contributed by atoms with Crippen molar-refractivity contribution in [3.63, 3.8) is 0 Å². The van der Waals surface area contributed by atoms with E-state index >= 15 is 0 Å². The summed E-state index contributed by atoms with van der Waals surface area (Å²) in [4.78, 5) is 37.0. The number of para-hydroxylation sites is 1. The topological polar surface area (TPSA) is 78.5 Å². The van der Waals surface area contributed by atoms with Crippen LogP contribution in [0.2, 0.25) is 0 Å². The van der Waals surface area contributed by atoms with E-state index in [-0.39, 0.29) is 30.7 Å². The molecule has 6 heteroatoms. The summed E-state index contributed by atoms with van der Waals surface area (Å²) in [6.45, 7) is -0.0655. The first-order valence-electron chi connectivity index (χ1n) is 8.38. The van der Waals surface area contributed by atoms with Crippen LogP contribution in [-0.4, -0.2) is 43.3 Å². The second-order valence-electron chi connectivity index (χ2n) is 6.09. The third-order valence-corrected chi connectivity index (χ3v) is 3.75. The molecule has 2 rings (SSSR count). The molecule has 0 unspecified atom stereocenters. The van der Waals surface area contributed by atoms with Gasteiger partial charge in [0, 0.05) is 31.8 Å². The van der Waals surface area contributed by atoms with E-state index < -0.39 is 0 Å². The number of nitrogens with one attached hydrogen (secondary N) is 2. The Morgan fingerprint density at radius 2 is 1.54 bits per heavy atom. The molecule has 0 aromatic heterocycles. The van der Waals surface area contributed by atoms with Crippen molar-refractivity contribution in [3.05, 3.63) is 65.7 Å². The average molecular weight is 353 g/mol. The summed E-state index contributed by atoms with van der Waals surface area (Å²) in [6, 6.07) is 16.3. The van der Waals surface area contributed by atoms with Crippen LogP contribution in [0.25, 0.3) is 0 Å². The first-order chi connectivity index (χ1) is 12.5. The van der Waals surface area contributed by atoms with Gasteiger partial charge in [-0.05, 0) is 36.2 Å². The van der Waals surface area contributed by atoms with E-state index in [4.69, 9.17) is 0 Å². The van der Waals surface area contributed by atoms with E-state index in [1.54, 1.807) is 38.4 Å². The van der Waals surface area contributed by atoms with Crippen LogP contribution in [0.5, 0.6) is 0 Å². The zero-order valence-corrected chi connectivity index (χ0v) is 15.0. The van der Waals surface area contributed by atoms with Gasteiger partial charge in [-0.25, -0.2) is 0 Å². The maximum atomic E-state index is 11.9. The Morgan fingerprint density at radius 3 is 2.15 bits per heavy atom. The lowest BCUT2D eigenvalue weighted by molar-refractivity contribution is -0.124. The summed E-state index contributed by atoms with van der Waals surface area (Å²) in [6.07, 6.45) is 0.822. The molecule has 26 heavy (non-hydrogen) atoms. The Labute approximate surface area is 153 Å². The number of anilines is 1. The molecule has 2 aromatic rings. The number of hydrogen-bond acceptors (Lipinski definition) is 3. The van der Waals surface area contributed by atoms with Gasteiger partial charge in [0.1, 0.15) is 0 Å². The predicted molar refractivity (Wildman–Crippen MR) is 101 cm³/mol. The fourth-order valence-electron chi connectivity index (χ4n) is 2.32. The third-order valence-electron chi connectivity index (χ3n) is 3.75. The molecule has 2 N–H and O–H groups in total. The molecule has 0 bridgehead atoms. The largest absolute Gasteiger partial charge is 0.347 e. The van der Waals surface area contributed by atoms with Gasteiger partial charge < -0.3 is 15.5 Å². The number of aryl methyl sites for hydroxylation is 1. The smallest absolute Gasteiger partial charge is 0.253 e.